The van der Waals surface area contributed by atoms with E-state index in [1.165, 1.54) is 45.3 Å². The van der Waals surface area contributed by atoms with Crippen molar-refractivity contribution in [3.63, 3.8) is 0 Å². The summed E-state index contributed by atoms with van der Waals surface area (Å²) >= 11 is 0. The molecule has 0 spiro atoms. The van der Waals surface area contributed by atoms with Gasteiger partial charge < -0.3 is 19.7 Å². The zero-order chi connectivity index (χ0) is 14.3. The normalized spacial score (nSPS) is 27.6. The minimum absolute atomic E-state index is 0.420. The molecule has 0 radical (unpaired) electrons. The molecule has 2 fully saturated rings. The van der Waals surface area contributed by atoms with Gasteiger partial charge in [0.1, 0.15) is 0 Å². The molecule has 118 valence electrons. The van der Waals surface area contributed by atoms with Crippen LogP contribution >= 0.6 is 0 Å². The molecule has 0 amide bonds. The lowest BCUT2D eigenvalue weighted by atomic mass is 9.79. The maximum Gasteiger partial charge on any atom is 0.0502 e. The molecule has 2 aliphatic heterocycles. The number of ether oxygens (including phenoxy) is 2. The fourth-order valence-electron chi connectivity index (χ4n) is 3.73. The molecular formula is C16H32N2O2. The lowest BCUT2D eigenvalue weighted by Gasteiger charge is -2.43. The van der Waals surface area contributed by atoms with Gasteiger partial charge in [0.2, 0.25) is 0 Å². The van der Waals surface area contributed by atoms with E-state index in [1.54, 1.807) is 0 Å². The van der Waals surface area contributed by atoms with E-state index in [-0.39, 0.29) is 0 Å². The number of piperidine rings is 1. The molecular weight excluding hydrogens is 252 g/mol. The van der Waals surface area contributed by atoms with Crippen LogP contribution in [-0.4, -0.2) is 64.6 Å². The smallest absolute Gasteiger partial charge is 0.0502 e. The molecule has 2 heterocycles. The number of methoxy groups -OCH3 is 1. The molecule has 0 aromatic carbocycles. The van der Waals surface area contributed by atoms with Gasteiger partial charge in [-0.25, -0.2) is 0 Å². The van der Waals surface area contributed by atoms with Crippen LogP contribution in [-0.2, 0) is 9.47 Å². The lowest BCUT2D eigenvalue weighted by Crippen LogP contribution is -2.50. The summed E-state index contributed by atoms with van der Waals surface area (Å²) in [6.45, 7) is 10.9. The van der Waals surface area contributed by atoms with Gasteiger partial charge in [-0.15, -0.1) is 0 Å². The average Bonchev–Trinajstić information content (AvgIpc) is 2.47. The van der Waals surface area contributed by atoms with Crippen LogP contribution in [0.4, 0.5) is 0 Å². The van der Waals surface area contributed by atoms with Crippen LogP contribution in [0.2, 0.25) is 0 Å². The number of rotatable bonds is 7. The molecule has 1 atom stereocenters. The van der Waals surface area contributed by atoms with E-state index >= 15 is 0 Å². The SMILES string of the molecule is CCNCC1(CN2CCCC(COC)C2)CCOCC1. The van der Waals surface area contributed by atoms with Crippen molar-refractivity contribution in [2.24, 2.45) is 11.3 Å². The Bertz CT molecular complexity index is 265. The molecule has 0 aromatic rings. The van der Waals surface area contributed by atoms with Crippen molar-refractivity contribution in [1.29, 1.82) is 0 Å². The highest BCUT2D eigenvalue weighted by molar-refractivity contribution is 4.88. The van der Waals surface area contributed by atoms with Gasteiger partial charge in [-0.2, -0.15) is 0 Å². The van der Waals surface area contributed by atoms with Crippen LogP contribution in [0, 0.1) is 11.3 Å². The first-order valence-corrected chi connectivity index (χ1v) is 8.28. The van der Waals surface area contributed by atoms with Gasteiger partial charge in [-0.1, -0.05) is 6.92 Å². The quantitative estimate of drug-likeness (QED) is 0.772. The molecule has 1 unspecified atom stereocenters. The third-order valence-corrected chi connectivity index (χ3v) is 4.87. The highest BCUT2D eigenvalue weighted by Gasteiger charge is 2.35. The second-order valence-electron chi connectivity index (χ2n) is 6.59. The predicted octanol–water partition coefficient (Wildman–Crippen LogP) is 1.75. The first kappa shape index (κ1) is 16.2. The van der Waals surface area contributed by atoms with Crippen molar-refractivity contribution in [1.82, 2.24) is 10.2 Å². The van der Waals surface area contributed by atoms with Crippen molar-refractivity contribution in [2.75, 3.05) is 59.7 Å². The van der Waals surface area contributed by atoms with Crippen LogP contribution < -0.4 is 5.32 Å². The third-order valence-electron chi connectivity index (χ3n) is 4.87. The molecule has 4 nitrogen and oxygen atoms in total. The molecule has 0 aromatic heterocycles. The molecule has 0 saturated carbocycles. The minimum Gasteiger partial charge on any atom is -0.384 e. The first-order valence-electron chi connectivity index (χ1n) is 8.28. The Morgan fingerprint density at radius 1 is 1.35 bits per heavy atom. The Morgan fingerprint density at radius 3 is 2.85 bits per heavy atom. The highest BCUT2D eigenvalue weighted by Crippen LogP contribution is 2.32. The van der Waals surface area contributed by atoms with Crippen molar-refractivity contribution >= 4 is 0 Å². The largest absolute Gasteiger partial charge is 0.384 e. The van der Waals surface area contributed by atoms with Crippen molar-refractivity contribution in [3.05, 3.63) is 0 Å². The fraction of sp³-hybridized carbons (Fsp3) is 1.00. The molecule has 2 saturated heterocycles. The summed E-state index contributed by atoms with van der Waals surface area (Å²) in [5, 5.41) is 3.58. The summed E-state index contributed by atoms with van der Waals surface area (Å²) in [5.74, 6) is 0.727. The van der Waals surface area contributed by atoms with Crippen LogP contribution in [0.1, 0.15) is 32.6 Å². The van der Waals surface area contributed by atoms with E-state index in [0.717, 1.165) is 38.8 Å². The van der Waals surface area contributed by atoms with Gasteiger partial charge in [0.15, 0.2) is 0 Å². The molecule has 20 heavy (non-hydrogen) atoms. The van der Waals surface area contributed by atoms with Gasteiger partial charge in [-0.3, -0.25) is 0 Å². The fourth-order valence-corrected chi connectivity index (χ4v) is 3.73. The Morgan fingerprint density at radius 2 is 2.15 bits per heavy atom. The van der Waals surface area contributed by atoms with Crippen LogP contribution in [0.3, 0.4) is 0 Å². The van der Waals surface area contributed by atoms with E-state index in [1.807, 2.05) is 7.11 Å². The summed E-state index contributed by atoms with van der Waals surface area (Å²) in [6.07, 6.45) is 5.05. The topological polar surface area (TPSA) is 33.7 Å². The van der Waals surface area contributed by atoms with E-state index in [4.69, 9.17) is 9.47 Å². The lowest BCUT2D eigenvalue weighted by molar-refractivity contribution is -0.0147. The summed E-state index contributed by atoms with van der Waals surface area (Å²) < 4.78 is 10.9. The van der Waals surface area contributed by atoms with Crippen LogP contribution in [0.5, 0.6) is 0 Å². The van der Waals surface area contributed by atoms with Crippen molar-refractivity contribution in [2.45, 2.75) is 32.6 Å². The predicted molar refractivity (Wildman–Crippen MR) is 82.1 cm³/mol. The number of likely N-dealkylation sites (tertiary alicyclic amines) is 1. The second kappa shape index (κ2) is 8.32. The zero-order valence-corrected chi connectivity index (χ0v) is 13.3. The first-order chi connectivity index (χ1) is 9.78. The molecule has 1 N–H and O–H groups in total. The summed E-state index contributed by atoms with van der Waals surface area (Å²) in [5.41, 5.74) is 0.420. The average molecular weight is 284 g/mol. The summed E-state index contributed by atoms with van der Waals surface area (Å²) in [7, 11) is 1.82. The number of hydrogen-bond donors (Lipinski definition) is 1. The van der Waals surface area contributed by atoms with Crippen LogP contribution in [0.15, 0.2) is 0 Å². The Balaban J connectivity index is 1.89. The van der Waals surface area contributed by atoms with Gasteiger partial charge >= 0.3 is 0 Å². The van der Waals surface area contributed by atoms with E-state index in [0.29, 0.717) is 5.41 Å². The summed E-state index contributed by atoms with van der Waals surface area (Å²) in [6, 6.07) is 0. The molecule has 0 aliphatic carbocycles. The molecule has 2 rings (SSSR count). The minimum atomic E-state index is 0.420. The van der Waals surface area contributed by atoms with Crippen molar-refractivity contribution in [3.8, 4) is 0 Å². The monoisotopic (exact) mass is 284 g/mol. The van der Waals surface area contributed by atoms with Gasteiger partial charge in [0, 0.05) is 40.0 Å². The van der Waals surface area contributed by atoms with Gasteiger partial charge in [-0.05, 0) is 50.1 Å². The maximum atomic E-state index is 5.59. The number of nitrogens with zero attached hydrogens (tertiary/aromatic N) is 1. The number of hydrogen-bond acceptors (Lipinski definition) is 4. The van der Waals surface area contributed by atoms with Gasteiger partial charge in [0.05, 0.1) is 6.61 Å². The Hall–Kier alpha value is -0.160. The van der Waals surface area contributed by atoms with E-state index in [9.17, 15) is 0 Å². The van der Waals surface area contributed by atoms with E-state index in [2.05, 4.69) is 17.1 Å². The van der Waals surface area contributed by atoms with Crippen LogP contribution in [0.25, 0.3) is 0 Å². The maximum absolute atomic E-state index is 5.59. The molecule has 4 heteroatoms. The Labute approximate surface area is 124 Å². The Kier molecular flexibility index (Phi) is 6.75. The highest BCUT2D eigenvalue weighted by atomic mass is 16.5. The zero-order valence-electron chi connectivity index (χ0n) is 13.3. The standard InChI is InChI=1S/C16H32N2O2/c1-3-17-13-16(6-9-20-10-7-16)14-18-8-4-5-15(11-18)12-19-2/h15,17H,3-14H2,1-2H3. The molecule has 2 aliphatic rings. The third kappa shape index (κ3) is 4.69. The van der Waals surface area contributed by atoms with Gasteiger partial charge in [0.25, 0.3) is 0 Å². The van der Waals surface area contributed by atoms with E-state index < -0.39 is 0 Å². The second-order valence-corrected chi connectivity index (χ2v) is 6.59. The number of nitrogens with one attached hydrogen (secondary N) is 1. The molecule has 0 bridgehead atoms. The summed E-state index contributed by atoms with van der Waals surface area (Å²) in [4.78, 5) is 2.68. The van der Waals surface area contributed by atoms with Crippen molar-refractivity contribution < 1.29 is 9.47 Å².